The number of carbonyl (C=O) groups excluding carboxylic acids is 2. The fraction of sp³-hybridized carbons (Fsp3) is 0.556. The van der Waals surface area contributed by atoms with E-state index in [0.29, 0.717) is 18.7 Å². The molecule has 1 rings (SSSR count). The molecule has 0 aromatic heterocycles. The van der Waals surface area contributed by atoms with Crippen LogP contribution in [0.3, 0.4) is 0 Å². The molecule has 0 unspecified atom stereocenters. The van der Waals surface area contributed by atoms with Crippen molar-refractivity contribution in [3.63, 3.8) is 0 Å². The number of benzene rings is 1. The summed E-state index contributed by atoms with van der Waals surface area (Å²) in [4.78, 5) is 25.8. The van der Waals surface area contributed by atoms with E-state index in [9.17, 15) is 18.0 Å². The van der Waals surface area contributed by atoms with Gasteiger partial charge in [-0.15, -0.1) is 0 Å². The van der Waals surface area contributed by atoms with Gasteiger partial charge in [0.25, 0.3) is 5.91 Å². The lowest BCUT2D eigenvalue weighted by Gasteiger charge is -2.21. The molecule has 1 amide bonds. The highest BCUT2D eigenvalue weighted by Gasteiger charge is 2.27. The molecule has 0 aliphatic carbocycles. The zero-order valence-corrected chi connectivity index (χ0v) is 17.1. The van der Waals surface area contributed by atoms with Crippen molar-refractivity contribution in [3.8, 4) is 0 Å². The number of esters is 1. The van der Waals surface area contributed by atoms with Crippen molar-refractivity contribution in [1.29, 1.82) is 0 Å². The topological polar surface area (TPSA) is 93.2 Å². The molecule has 0 atom stereocenters. The number of sulfonamides is 1. The zero-order chi connectivity index (χ0) is 20.4. The molecule has 1 aromatic carbocycles. The molecule has 0 saturated heterocycles. The molecule has 0 radical (unpaired) electrons. The van der Waals surface area contributed by atoms with Gasteiger partial charge in [-0.05, 0) is 45.0 Å². The van der Waals surface area contributed by atoms with Crippen LogP contribution in [0.25, 0.3) is 0 Å². The Kier molecular flexibility index (Phi) is 9.40. The van der Waals surface area contributed by atoms with Crippen LogP contribution in [0.5, 0.6) is 0 Å². The quantitative estimate of drug-likeness (QED) is 0.521. The third kappa shape index (κ3) is 6.30. The molecule has 0 aliphatic heterocycles. The van der Waals surface area contributed by atoms with Gasteiger partial charge in [0, 0.05) is 32.3 Å². The second-order valence-corrected chi connectivity index (χ2v) is 7.58. The minimum absolute atomic E-state index is 0.000927. The fourth-order valence-corrected chi connectivity index (χ4v) is 3.81. The van der Waals surface area contributed by atoms with Gasteiger partial charge in [0.05, 0.1) is 18.1 Å². The van der Waals surface area contributed by atoms with E-state index in [0.717, 1.165) is 4.31 Å². The molecule has 0 saturated carbocycles. The first-order valence-electron chi connectivity index (χ1n) is 8.85. The van der Waals surface area contributed by atoms with Crippen LogP contribution in [0.4, 0.5) is 0 Å². The second kappa shape index (κ2) is 11.0. The fourth-order valence-electron chi connectivity index (χ4n) is 2.44. The third-order valence-electron chi connectivity index (χ3n) is 3.95. The van der Waals surface area contributed by atoms with Crippen molar-refractivity contribution < 1.29 is 27.5 Å². The minimum Gasteiger partial charge on any atom is -0.465 e. The van der Waals surface area contributed by atoms with Crippen LogP contribution in [0.2, 0.25) is 0 Å². The first kappa shape index (κ1) is 23.1. The Hall–Kier alpha value is -1.97. The lowest BCUT2D eigenvalue weighted by molar-refractivity contribution is -0.143. The van der Waals surface area contributed by atoms with Gasteiger partial charge in [0.15, 0.2) is 0 Å². The highest BCUT2D eigenvalue weighted by Crippen LogP contribution is 2.17. The Bertz CT molecular complexity index is 714. The maximum atomic E-state index is 12.9. The van der Waals surface area contributed by atoms with Crippen molar-refractivity contribution in [2.45, 2.75) is 25.7 Å². The highest BCUT2D eigenvalue weighted by atomic mass is 32.2. The average Bonchev–Trinajstić information content (AvgIpc) is 2.66. The molecule has 0 aliphatic rings. The van der Waals surface area contributed by atoms with E-state index in [2.05, 4.69) is 0 Å². The summed E-state index contributed by atoms with van der Waals surface area (Å²) in [6, 6.07) is 5.70. The standard InChI is InChI=1S/C18H28N2O6S/c1-5-19(6-2)18(22)15-8-10-16(11-9-15)27(23,24)20(12-13-25-4)14-17(21)26-7-3/h8-11H,5-7,12-14H2,1-4H3. The monoisotopic (exact) mass is 400 g/mol. The lowest BCUT2D eigenvalue weighted by atomic mass is 10.2. The normalized spacial score (nSPS) is 11.4. The first-order chi connectivity index (χ1) is 12.8. The van der Waals surface area contributed by atoms with E-state index in [1.807, 2.05) is 13.8 Å². The summed E-state index contributed by atoms with van der Waals surface area (Å²) in [5.41, 5.74) is 0.409. The molecule has 8 nitrogen and oxygen atoms in total. The number of hydrogen-bond acceptors (Lipinski definition) is 6. The minimum atomic E-state index is -3.93. The van der Waals surface area contributed by atoms with Gasteiger partial charge in [0.1, 0.15) is 6.54 Å². The van der Waals surface area contributed by atoms with Gasteiger partial charge < -0.3 is 14.4 Å². The molecule has 0 bridgehead atoms. The summed E-state index contributed by atoms with van der Waals surface area (Å²) in [7, 11) is -2.49. The van der Waals surface area contributed by atoms with Crippen LogP contribution in [0.15, 0.2) is 29.2 Å². The van der Waals surface area contributed by atoms with Crippen molar-refractivity contribution >= 4 is 21.9 Å². The summed E-state index contributed by atoms with van der Waals surface area (Å²) >= 11 is 0. The van der Waals surface area contributed by atoms with Crippen LogP contribution in [0.1, 0.15) is 31.1 Å². The molecule has 0 N–H and O–H groups in total. The van der Waals surface area contributed by atoms with Crippen molar-refractivity contribution in [2.75, 3.05) is 46.5 Å². The summed E-state index contributed by atoms with van der Waals surface area (Å²) < 4.78 is 36.5. The summed E-state index contributed by atoms with van der Waals surface area (Å²) in [5, 5.41) is 0. The number of rotatable bonds is 11. The van der Waals surface area contributed by atoms with Crippen LogP contribution in [-0.2, 0) is 24.3 Å². The lowest BCUT2D eigenvalue weighted by Crippen LogP contribution is -2.38. The third-order valence-corrected chi connectivity index (χ3v) is 5.80. The van der Waals surface area contributed by atoms with Crippen molar-refractivity contribution in [1.82, 2.24) is 9.21 Å². The van der Waals surface area contributed by atoms with E-state index < -0.39 is 22.5 Å². The summed E-state index contributed by atoms with van der Waals surface area (Å²) in [5.74, 6) is -0.794. The molecule has 0 heterocycles. The second-order valence-electron chi connectivity index (χ2n) is 5.64. The van der Waals surface area contributed by atoms with Crippen LogP contribution >= 0.6 is 0 Å². The van der Waals surface area contributed by atoms with Gasteiger partial charge in [-0.1, -0.05) is 0 Å². The van der Waals surface area contributed by atoms with E-state index in [-0.39, 0.29) is 30.6 Å². The summed E-state index contributed by atoms with van der Waals surface area (Å²) in [6.45, 7) is 6.46. The SMILES string of the molecule is CCOC(=O)CN(CCOC)S(=O)(=O)c1ccc(C(=O)N(CC)CC)cc1. The molecule has 0 spiro atoms. The average molecular weight is 400 g/mol. The predicted octanol–water partition coefficient (Wildman–Crippen LogP) is 1.37. The Morgan fingerprint density at radius 2 is 1.63 bits per heavy atom. The molecular weight excluding hydrogens is 372 g/mol. The van der Waals surface area contributed by atoms with Gasteiger partial charge in [-0.2, -0.15) is 4.31 Å². The highest BCUT2D eigenvalue weighted by molar-refractivity contribution is 7.89. The molecule has 0 fully saturated rings. The Balaban J connectivity index is 3.07. The molecular formula is C18H28N2O6S. The molecule has 152 valence electrons. The van der Waals surface area contributed by atoms with Crippen molar-refractivity contribution in [3.05, 3.63) is 29.8 Å². The van der Waals surface area contributed by atoms with E-state index in [1.165, 1.54) is 31.4 Å². The van der Waals surface area contributed by atoms with E-state index in [1.54, 1.807) is 11.8 Å². The largest absolute Gasteiger partial charge is 0.465 e. The van der Waals surface area contributed by atoms with E-state index >= 15 is 0 Å². The maximum Gasteiger partial charge on any atom is 0.321 e. The van der Waals surface area contributed by atoms with Gasteiger partial charge in [-0.25, -0.2) is 8.42 Å². The van der Waals surface area contributed by atoms with Crippen LogP contribution in [-0.4, -0.2) is 76.0 Å². The van der Waals surface area contributed by atoms with Crippen LogP contribution < -0.4 is 0 Å². The molecule has 1 aromatic rings. The first-order valence-corrected chi connectivity index (χ1v) is 10.3. The Labute approximate surface area is 161 Å². The molecule has 9 heteroatoms. The maximum absolute atomic E-state index is 12.9. The summed E-state index contributed by atoms with van der Waals surface area (Å²) in [6.07, 6.45) is 0. The smallest absolute Gasteiger partial charge is 0.321 e. The van der Waals surface area contributed by atoms with Gasteiger partial charge in [-0.3, -0.25) is 9.59 Å². The number of amides is 1. The number of nitrogens with zero attached hydrogens (tertiary/aromatic N) is 2. The number of carbonyl (C=O) groups is 2. The van der Waals surface area contributed by atoms with Gasteiger partial charge >= 0.3 is 5.97 Å². The van der Waals surface area contributed by atoms with Crippen LogP contribution in [0, 0.1) is 0 Å². The van der Waals surface area contributed by atoms with Crippen molar-refractivity contribution in [2.24, 2.45) is 0 Å². The zero-order valence-electron chi connectivity index (χ0n) is 16.3. The number of hydrogen-bond donors (Lipinski definition) is 0. The number of methoxy groups -OCH3 is 1. The van der Waals surface area contributed by atoms with E-state index in [4.69, 9.17) is 9.47 Å². The van der Waals surface area contributed by atoms with Gasteiger partial charge in [0.2, 0.25) is 10.0 Å². The number of ether oxygens (including phenoxy) is 2. The Morgan fingerprint density at radius 3 is 2.11 bits per heavy atom. The predicted molar refractivity (Wildman–Crippen MR) is 101 cm³/mol. The Morgan fingerprint density at radius 1 is 1.04 bits per heavy atom. The molecule has 27 heavy (non-hydrogen) atoms.